The fourth-order valence-corrected chi connectivity index (χ4v) is 2.05. The van der Waals surface area contributed by atoms with Crippen LogP contribution >= 0.6 is 0 Å². The van der Waals surface area contributed by atoms with Crippen molar-refractivity contribution < 1.29 is 13.3 Å². The molecule has 0 saturated carbocycles. The number of rotatable bonds is 3. The molecular weight excluding hydrogens is 244 g/mol. The predicted molar refractivity (Wildman–Crippen MR) is 65.8 cm³/mol. The van der Waals surface area contributed by atoms with Crippen LogP contribution < -0.4 is 4.72 Å². The molecule has 96 valence electrons. The van der Waals surface area contributed by atoms with Gasteiger partial charge in [-0.15, -0.1) is 4.72 Å². The molecule has 2 unspecified atom stereocenters. The standard InChI is InChI=1S/C12H17F2NOS/c1-8(15-17(16)12(2,3)4)10-7-9(13)5-6-11(10)14/h5-8,15H,1-4H3. The quantitative estimate of drug-likeness (QED) is 0.849. The highest BCUT2D eigenvalue weighted by Gasteiger charge is 2.29. The molecule has 5 heteroatoms. The lowest BCUT2D eigenvalue weighted by Gasteiger charge is -2.26. The second-order valence-corrected chi connectivity index (χ2v) is 6.88. The Kier molecular flexibility index (Phi) is 4.52. The van der Waals surface area contributed by atoms with Crippen molar-refractivity contribution in [1.82, 2.24) is 4.72 Å². The summed E-state index contributed by atoms with van der Waals surface area (Å²) in [4.78, 5) is 0. The third-order valence-electron chi connectivity index (χ3n) is 2.26. The Morgan fingerprint density at radius 2 is 1.88 bits per heavy atom. The SMILES string of the molecule is CC(N[S+]([O-])C(C)(C)C)c1cc(F)ccc1F. The molecule has 0 aromatic heterocycles. The fourth-order valence-electron chi connectivity index (χ4n) is 1.25. The van der Waals surface area contributed by atoms with Crippen LogP contribution in [0.4, 0.5) is 8.78 Å². The van der Waals surface area contributed by atoms with Crippen LogP contribution in [-0.2, 0) is 11.4 Å². The zero-order valence-corrected chi connectivity index (χ0v) is 11.2. The lowest BCUT2D eigenvalue weighted by Crippen LogP contribution is -2.40. The fraction of sp³-hybridized carbons (Fsp3) is 0.500. The molecule has 0 saturated heterocycles. The molecule has 0 bridgehead atoms. The Morgan fingerprint density at radius 3 is 2.41 bits per heavy atom. The van der Waals surface area contributed by atoms with E-state index in [9.17, 15) is 13.3 Å². The molecule has 0 spiro atoms. The first-order valence-corrected chi connectivity index (χ1v) is 6.50. The van der Waals surface area contributed by atoms with Gasteiger partial charge in [0.25, 0.3) is 0 Å². The second kappa shape index (κ2) is 5.33. The van der Waals surface area contributed by atoms with Gasteiger partial charge < -0.3 is 4.55 Å². The van der Waals surface area contributed by atoms with Crippen LogP contribution in [0, 0.1) is 11.6 Å². The first-order chi connectivity index (χ1) is 7.71. The Hall–Kier alpha value is -0.650. The van der Waals surface area contributed by atoms with Crippen molar-refractivity contribution >= 4 is 11.4 Å². The molecule has 0 aliphatic rings. The summed E-state index contributed by atoms with van der Waals surface area (Å²) in [6, 6.07) is 2.74. The number of benzene rings is 1. The van der Waals surface area contributed by atoms with E-state index in [4.69, 9.17) is 0 Å². The summed E-state index contributed by atoms with van der Waals surface area (Å²) in [7, 11) is 0. The van der Waals surface area contributed by atoms with Crippen molar-refractivity contribution in [3.63, 3.8) is 0 Å². The van der Waals surface area contributed by atoms with Gasteiger partial charge in [-0.2, -0.15) is 0 Å². The van der Waals surface area contributed by atoms with Crippen molar-refractivity contribution in [2.75, 3.05) is 0 Å². The highest BCUT2D eigenvalue weighted by Crippen LogP contribution is 2.22. The van der Waals surface area contributed by atoms with Crippen molar-refractivity contribution in [2.24, 2.45) is 0 Å². The molecule has 1 aromatic carbocycles. The molecule has 0 aliphatic carbocycles. The molecule has 1 aromatic rings. The lowest BCUT2D eigenvalue weighted by atomic mass is 10.1. The number of hydrogen-bond donors (Lipinski definition) is 1. The zero-order valence-electron chi connectivity index (χ0n) is 10.4. The average molecular weight is 261 g/mol. The van der Waals surface area contributed by atoms with Gasteiger partial charge in [0.1, 0.15) is 16.4 Å². The molecule has 0 heterocycles. The van der Waals surface area contributed by atoms with E-state index in [1.807, 2.05) is 20.8 Å². The largest absolute Gasteiger partial charge is 0.598 e. The van der Waals surface area contributed by atoms with Gasteiger partial charge in [0, 0.05) is 16.9 Å². The van der Waals surface area contributed by atoms with Gasteiger partial charge in [-0.1, -0.05) is 0 Å². The third-order valence-corrected chi connectivity index (χ3v) is 3.94. The van der Waals surface area contributed by atoms with Crippen LogP contribution in [0.5, 0.6) is 0 Å². The maximum atomic E-state index is 13.5. The summed E-state index contributed by atoms with van der Waals surface area (Å²) in [6.07, 6.45) is 0. The third kappa shape index (κ3) is 3.94. The summed E-state index contributed by atoms with van der Waals surface area (Å²) < 4.78 is 40.6. The molecular formula is C12H17F2NOS. The smallest absolute Gasteiger partial charge is 0.136 e. The number of nitrogens with one attached hydrogen (secondary N) is 1. The molecule has 0 aliphatic heterocycles. The Balaban J connectivity index is 2.83. The van der Waals surface area contributed by atoms with Crippen LogP contribution in [0.25, 0.3) is 0 Å². The lowest BCUT2D eigenvalue weighted by molar-refractivity contribution is 0.519. The van der Waals surface area contributed by atoms with E-state index in [0.29, 0.717) is 0 Å². The van der Waals surface area contributed by atoms with Gasteiger partial charge >= 0.3 is 0 Å². The summed E-state index contributed by atoms with van der Waals surface area (Å²) >= 11 is -1.32. The van der Waals surface area contributed by atoms with E-state index in [0.717, 1.165) is 18.2 Å². The van der Waals surface area contributed by atoms with Crippen molar-refractivity contribution in [3.8, 4) is 0 Å². The van der Waals surface area contributed by atoms with Gasteiger partial charge in [-0.05, 0) is 45.9 Å². The van der Waals surface area contributed by atoms with Crippen LogP contribution in [0.1, 0.15) is 39.3 Å². The van der Waals surface area contributed by atoms with Crippen molar-refractivity contribution in [1.29, 1.82) is 0 Å². The molecule has 2 nitrogen and oxygen atoms in total. The summed E-state index contributed by atoms with van der Waals surface area (Å²) in [5.74, 6) is -1.01. The molecule has 17 heavy (non-hydrogen) atoms. The second-order valence-electron chi connectivity index (χ2n) is 4.89. The van der Waals surface area contributed by atoms with Gasteiger partial charge in [-0.3, -0.25) is 0 Å². The van der Waals surface area contributed by atoms with Crippen LogP contribution in [0.2, 0.25) is 0 Å². The minimum Gasteiger partial charge on any atom is -0.598 e. The van der Waals surface area contributed by atoms with Gasteiger partial charge in [0.15, 0.2) is 0 Å². The summed E-state index contributed by atoms with van der Waals surface area (Å²) in [5, 5.41) is 0. The highest BCUT2D eigenvalue weighted by molar-refractivity contribution is 7.90. The van der Waals surface area contributed by atoms with Crippen LogP contribution in [0.3, 0.4) is 0 Å². The van der Waals surface area contributed by atoms with E-state index in [2.05, 4.69) is 4.72 Å². The maximum absolute atomic E-state index is 13.5. The van der Waals surface area contributed by atoms with Crippen LogP contribution in [-0.4, -0.2) is 9.30 Å². The average Bonchev–Trinajstić information content (AvgIpc) is 2.20. The number of hydrogen-bond acceptors (Lipinski definition) is 2. The zero-order chi connectivity index (χ0) is 13.2. The Labute approximate surface area is 104 Å². The molecule has 2 atom stereocenters. The Morgan fingerprint density at radius 1 is 1.29 bits per heavy atom. The van der Waals surface area contributed by atoms with Gasteiger partial charge in [0.2, 0.25) is 0 Å². The van der Waals surface area contributed by atoms with Crippen molar-refractivity contribution in [2.45, 2.75) is 38.5 Å². The molecule has 0 amide bonds. The van der Waals surface area contributed by atoms with E-state index in [1.165, 1.54) is 0 Å². The first-order valence-electron chi connectivity index (χ1n) is 5.35. The predicted octanol–water partition coefficient (Wildman–Crippen LogP) is 3.08. The molecule has 0 fully saturated rings. The van der Waals surface area contributed by atoms with E-state index in [-0.39, 0.29) is 5.56 Å². The normalized spacial score (nSPS) is 15.7. The van der Waals surface area contributed by atoms with Crippen LogP contribution in [0.15, 0.2) is 18.2 Å². The first kappa shape index (κ1) is 14.4. The molecule has 1 N–H and O–H groups in total. The van der Waals surface area contributed by atoms with Gasteiger partial charge in [0.05, 0.1) is 6.04 Å². The van der Waals surface area contributed by atoms with E-state index < -0.39 is 33.8 Å². The Bertz CT molecular complexity index is 393. The van der Waals surface area contributed by atoms with E-state index in [1.54, 1.807) is 6.92 Å². The minimum atomic E-state index is -1.32. The topological polar surface area (TPSA) is 35.1 Å². The van der Waals surface area contributed by atoms with Gasteiger partial charge in [-0.25, -0.2) is 8.78 Å². The highest BCUT2D eigenvalue weighted by atomic mass is 32.2. The minimum absolute atomic E-state index is 0.183. The summed E-state index contributed by atoms with van der Waals surface area (Å²) in [5.41, 5.74) is 0.183. The van der Waals surface area contributed by atoms with Crippen molar-refractivity contribution in [3.05, 3.63) is 35.4 Å². The van der Waals surface area contributed by atoms with E-state index >= 15 is 0 Å². The molecule has 1 rings (SSSR count). The monoisotopic (exact) mass is 261 g/mol. The number of halogens is 2. The maximum Gasteiger partial charge on any atom is 0.136 e. The summed E-state index contributed by atoms with van der Waals surface area (Å²) in [6.45, 7) is 7.09. The molecule has 0 radical (unpaired) electrons.